The van der Waals surface area contributed by atoms with E-state index in [0.717, 1.165) is 62.5 Å². The van der Waals surface area contributed by atoms with Crippen LogP contribution < -0.4 is 5.73 Å². The number of benzene rings is 1. The van der Waals surface area contributed by atoms with Crippen LogP contribution in [0.2, 0.25) is 0 Å². The number of nitrogens with two attached hydrogens (primary N) is 1. The predicted octanol–water partition coefficient (Wildman–Crippen LogP) is 3.27. The van der Waals surface area contributed by atoms with Crippen LogP contribution in [0.3, 0.4) is 0 Å². The molecule has 4 rings (SSSR count). The Morgan fingerprint density at radius 3 is 2.87 bits per heavy atom. The number of fused-ring (bicyclic) bond motifs is 1. The molecule has 1 aliphatic carbocycles. The van der Waals surface area contributed by atoms with E-state index in [4.69, 9.17) is 19.9 Å². The summed E-state index contributed by atoms with van der Waals surface area (Å²) in [6.07, 6.45) is 5.93. The molecule has 2 aromatic rings. The van der Waals surface area contributed by atoms with Crippen LogP contribution in [0.4, 0.5) is 0 Å². The average molecular weight is 412 g/mol. The van der Waals surface area contributed by atoms with Crippen molar-refractivity contribution in [3.63, 3.8) is 0 Å². The third-order valence-electron chi connectivity index (χ3n) is 6.27. The molecular formula is C24H33N3O3. The van der Waals surface area contributed by atoms with Gasteiger partial charge < -0.3 is 19.8 Å². The molecule has 2 aliphatic rings. The minimum Gasteiger partial charge on any atom is -0.445 e. The Labute approximate surface area is 178 Å². The fraction of sp³-hybridized carbons (Fsp3) is 0.583. The topological polar surface area (TPSA) is 81.6 Å². The molecule has 162 valence electrons. The third-order valence-corrected chi connectivity index (χ3v) is 6.27. The zero-order valence-corrected chi connectivity index (χ0v) is 17.9. The highest BCUT2D eigenvalue weighted by molar-refractivity contribution is 5.79. The zero-order valence-electron chi connectivity index (χ0n) is 17.9. The number of hydrogen-bond acceptors (Lipinski definition) is 5. The van der Waals surface area contributed by atoms with Crippen LogP contribution in [0, 0.1) is 5.92 Å². The molecule has 1 saturated carbocycles. The van der Waals surface area contributed by atoms with Crippen molar-refractivity contribution in [3.8, 4) is 0 Å². The highest BCUT2D eigenvalue weighted by Gasteiger charge is 2.36. The van der Waals surface area contributed by atoms with Crippen molar-refractivity contribution in [3.05, 3.63) is 53.2 Å². The van der Waals surface area contributed by atoms with Crippen molar-refractivity contribution < 1.29 is 13.9 Å². The van der Waals surface area contributed by atoms with E-state index in [1.807, 2.05) is 11.0 Å². The predicted molar refractivity (Wildman–Crippen MR) is 115 cm³/mol. The summed E-state index contributed by atoms with van der Waals surface area (Å²) in [7, 11) is 0. The fourth-order valence-corrected chi connectivity index (χ4v) is 4.58. The molecule has 2 heterocycles. The van der Waals surface area contributed by atoms with E-state index in [1.165, 1.54) is 5.56 Å². The normalized spacial score (nSPS) is 23.9. The number of hydrogen-bond donors (Lipinski definition) is 1. The molecule has 0 spiro atoms. The summed E-state index contributed by atoms with van der Waals surface area (Å²) in [6.45, 7) is 4.08. The second-order valence-electron chi connectivity index (χ2n) is 8.56. The van der Waals surface area contributed by atoms with Gasteiger partial charge >= 0.3 is 0 Å². The van der Waals surface area contributed by atoms with Gasteiger partial charge in [0.05, 0.1) is 12.6 Å². The van der Waals surface area contributed by atoms with Gasteiger partial charge in [0.25, 0.3) is 0 Å². The Kier molecular flexibility index (Phi) is 6.85. The number of aryl methyl sites for hydroxylation is 2. The molecule has 3 atom stereocenters. The van der Waals surface area contributed by atoms with Crippen LogP contribution in [-0.4, -0.2) is 41.1 Å². The number of ether oxygens (including phenoxy) is 1. The summed E-state index contributed by atoms with van der Waals surface area (Å²) in [5, 5.41) is 0. The third kappa shape index (κ3) is 4.93. The van der Waals surface area contributed by atoms with E-state index >= 15 is 0 Å². The van der Waals surface area contributed by atoms with Gasteiger partial charge in [-0.15, -0.1) is 0 Å². The first kappa shape index (κ1) is 21.1. The first-order chi connectivity index (χ1) is 14.6. The highest BCUT2D eigenvalue weighted by Crippen LogP contribution is 2.29. The van der Waals surface area contributed by atoms with E-state index in [2.05, 4.69) is 31.2 Å². The molecule has 1 aromatic heterocycles. The molecule has 1 fully saturated rings. The molecule has 6 heteroatoms. The molecular weight excluding hydrogens is 378 g/mol. The second kappa shape index (κ2) is 9.75. The number of amides is 1. The van der Waals surface area contributed by atoms with Gasteiger partial charge in [-0.1, -0.05) is 37.3 Å². The van der Waals surface area contributed by atoms with E-state index in [-0.39, 0.29) is 24.0 Å². The number of oxazole rings is 1. The summed E-state index contributed by atoms with van der Waals surface area (Å²) in [5.74, 6) is 1.91. The molecule has 1 amide bonds. The van der Waals surface area contributed by atoms with E-state index in [9.17, 15) is 4.79 Å². The summed E-state index contributed by atoms with van der Waals surface area (Å²) in [4.78, 5) is 19.8. The Morgan fingerprint density at radius 1 is 1.27 bits per heavy atom. The van der Waals surface area contributed by atoms with Gasteiger partial charge in [-0.2, -0.15) is 0 Å². The van der Waals surface area contributed by atoms with Crippen molar-refractivity contribution in [2.45, 2.75) is 70.6 Å². The van der Waals surface area contributed by atoms with Crippen LogP contribution >= 0.6 is 0 Å². The molecule has 6 nitrogen and oxygen atoms in total. The van der Waals surface area contributed by atoms with Gasteiger partial charge in [-0.05, 0) is 37.7 Å². The minimum atomic E-state index is -0.0590. The second-order valence-corrected chi connectivity index (χ2v) is 8.56. The number of carbonyl (C=O) groups excluding carboxylic acids is 1. The van der Waals surface area contributed by atoms with Crippen molar-refractivity contribution in [1.82, 2.24) is 9.88 Å². The highest BCUT2D eigenvalue weighted by atomic mass is 16.5. The van der Waals surface area contributed by atoms with Crippen LogP contribution in [0.1, 0.15) is 55.5 Å². The maximum absolute atomic E-state index is 13.1. The molecule has 0 radical (unpaired) electrons. The molecule has 30 heavy (non-hydrogen) atoms. The van der Waals surface area contributed by atoms with Gasteiger partial charge in [0.1, 0.15) is 11.5 Å². The van der Waals surface area contributed by atoms with Crippen molar-refractivity contribution in [2.24, 2.45) is 11.7 Å². The average Bonchev–Trinajstić information content (AvgIpc) is 3.19. The van der Waals surface area contributed by atoms with Crippen molar-refractivity contribution in [2.75, 3.05) is 13.2 Å². The van der Waals surface area contributed by atoms with Gasteiger partial charge in [0, 0.05) is 38.0 Å². The standard InChI is InChI=1S/C24H33N3O3/c1-2-14-29-21-10-9-18(15-19(21)25)24(28)27-13-12-22-20(16-27)26-23(30-22)11-8-17-6-4-3-5-7-17/h3-7,18-19,21H,2,8-16,25H2,1H3/t18-,19+,21+/m0/s1. The lowest BCUT2D eigenvalue weighted by Gasteiger charge is -2.36. The molecule has 0 saturated heterocycles. The number of aromatic nitrogens is 1. The minimum absolute atomic E-state index is 0.00696. The lowest BCUT2D eigenvalue weighted by atomic mass is 9.83. The van der Waals surface area contributed by atoms with E-state index < -0.39 is 0 Å². The van der Waals surface area contributed by atoms with Gasteiger partial charge in [-0.25, -0.2) is 4.98 Å². The van der Waals surface area contributed by atoms with Crippen molar-refractivity contribution in [1.29, 1.82) is 0 Å². The van der Waals surface area contributed by atoms with Crippen LogP contribution in [0.25, 0.3) is 0 Å². The number of rotatable bonds is 7. The summed E-state index contributed by atoms with van der Waals surface area (Å²) in [5.41, 5.74) is 8.51. The van der Waals surface area contributed by atoms with Crippen LogP contribution in [0.5, 0.6) is 0 Å². The van der Waals surface area contributed by atoms with E-state index in [0.29, 0.717) is 19.5 Å². The van der Waals surface area contributed by atoms with Gasteiger partial charge in [0.15, 0.2) is 5.89 Å². The number of nitrogens with zero attached hydrogens (tertiary/aromatic N) is 2. The van der Waals surface area contributed by atoms with Crippen LogP contribution in [-0.2, 0) is 35.3 Å². The first-order valence-corrected chi connectivity index (χ1v) is 11.3. The fourth-order valence-electron chi connectivity index (χ4n) is 4.58. The molecule has 1 aromatic carbocycles. The summed E-state index contributed by atoms with van der Waals surface area (Å²) < 4.78 is 11.8. The zero-order chi connectivity index (χ0) is 20.9. The Balaban J connectivity index is 1.32. The van der Waals surface area contributed by atoms with Gasteiger partial charge in [-0.3, -0.25) is 4.79 Å². The quantitative estimate of drug-likeness (QED) is 0.756. The van der Waals surface area contributed by atoms with E-state index in [1.54, 1.807) is 0 Å². The Bertz CT molecular complexity index is 835. The summed E-state index contributed by atoms with van der Waals surface area (Å²) in [6, 6.07) is 10.3. The smallest absolute Gasteiger partial charge is 0.226 e. The first-order valence-electron chi connectivity index (χ1n) is 11.3. The lowest BCUT2D eigenvalue weighted by molar-refractivity contribution is -0.139. The van der Waals surface area contributed by atoms with Crippen LogP contribution in [0.15, 0.2) is 34.7 Å². The Morgan fingerprint density at radius 2 is 2.10 bits per heavy atom. The van der Waals surface area contributed by atoms with Crippen molar-refractivity contribution >= 4 is 5.91 Å². The summed E-state index contributed by atoms with van der Waals surface area (Å²) >= 11 is 0. The maximum atomic E-state index is 13.1. The molecule has 0 bridgehead atoms. The Hall–Kier alpha value is -2.18. The molecule has 2 N–H and O–H groups in total. The SMILES string of the molecule is CCCO[C@@H]1CC[C@H](C(=O)N2CCc3oc(CCc4ccccc4)nc3C2)C[C@H]1N. The maximum Gasteiger partial charge on any atom is 0.226 e. The van der Waals surface area contributed by atoms with Gasteiger partial charge in [0.2, 0.25) is 5.91 Å². The molecule has 0 unspecified atom stereocenters. The molecule has 1 aliphatic heterocycles. The lowest BCUT2D eigenvalue weighted by Crippen LogP contribution is -2.48. The monoisotopic (exact) mass is 411 g/mol. The number of carbonyl (C=O) groups is 1. The largest absolute Gasteiger partial charge is 0.445 e.